The van der Waals surface area contributed by atoms with Crippen molar-refractivity contribution >= 4 is 24.4 Å². The van der Waals surface area contributed by atoms with Crippen molar-refractivity contribution in [2.45, 2.75) is 11.0 Å². The molecule has 2 N–H and O–H groups in total. The molecule has 2 nitrogen and oxygen atoms in total. The van der Waals surface area contributed by atoms with Gasteiger partial charge in [-0.2, -0.15) is 12.6 Å². The molecule has 80 valence electrons. The van der Waals surface area contributed by atoms with Crippen LogP contribution in [0.2, 0.25) is 0 Å². The Morgan fingerprint density at radius 1 is 1.36 bits per heavy atom. The van der Waals surface area contributed by atoms with Gasteiger partial charge in [0, 0.05) is 10.6 Å². The lowest BCUT2D eigenvalue weighted by Gasteiger charge is -1.96. The van der Waals surface area contributed by atoms with Gasteiger partial charge in [-0.15, -0.1) is 11.8 Å². The zero-order valence-corrected chi connectivity index (χ0v) is 9.84. The molecule has 0 bridgehead atoms. The van der Waals surface area contributed by atoms with Crippen LogP contribution < -0.4 is 0 Å². The van der Waals surface area contributed by atoms with E-state index in [1.165, 1.54) is 4.90 Å². The van der Waals surface area contributed by atoms with E-state index in [2.05, 4.69) is 31.0 Å². The van der Waals surface area contributed by atoms with Crippen LogP contribution in [0.1, 0.15) is 0 Å². The van der Waals surface area contributed by atoms with Gasteiger partial charge in [0.2, 0.25) is 0 Å². The molecule has 0 aromatic heterocycles. The monoisotopic (exact) mass is 232 g/mol. The van der Waals surface area contributed by atoms with Gasteiger partial charge in [-0.3, -0.25) is 0 Å². The molecule has 0 radical (unpaired) electrons. The summed E-state index contributed by atoms with van der Waals surface area (Å²) >= 11 is 5.45. The van der Waals surface area contributed by atoms with Crippen LogP contribution in [0.3, 0.4) is 0 Å². The van der Waals surface area contributed by atoms with Crippen molar-refractivity contribution in [3.8, 4) is 0 Å². The van der Waals surface area contributed by atoms with Crippen molar-refractivity contribution in [1.29, 1.82) is 0 Å². The van der Waals surface area contributed by atoms with Crippen LogP contribution in [0.4, 0.5) is 0 Å². The molecule has 0 amide bonds. The van der Waals surface area contributed by atoms with Crippen molar-refractivity contribution in [2.75, 3.05) is 18.6 Å². The number of aliphatic hydroxyl groups excluding tert-OH is 2. The lowest BCUT2D eigenvalue weighted by Crippen LogP contribution is -2.12. The van der Waals surface area contributed by atoms with Gasteiger partial charge in [-0.1, -0.05) is 18.2 Å². The number of rotatable bonds is 3. The third-order valence-corrected chi connectivity index (χ3v) is 2.57. The Kier molecular flexibility index (Phi) is 9.29. The Hall–Kier alpha value is -0.160. The number of hydrogen-bond acceptors (Lipinski definition) is 4. The van der Waals surface area contributed by atoms with E-state index in [0.29, 0.717) is 5.75 Å². The predicted octanol–water partition coefficient (Wildman–Crippen LogP) is 1.68. The molecule has 0 saturated heterocycles. The van der Waals surface area contributed by atoms with E-state index in [1.807, 2.05) is 18.2 Å². The standard InChI is InChI=1S/C7H8S.C3H8O2S/c1-8-7-5-3-2-4-6-7;4-1-3(5)2-6/h2-6H,1H3;3-6H,1-2H2. The van der Waals surface area contributed by atoms with E-state index in [9.17, 15) is 0 Å². The van der Waals surface area contributed by atoms with Gasteiger partial charge in [0.25, 0.3) is 0 Å². The number of hydrogen-bond donors (Lipinski definition) is 3. The third kappa shape index (κ3) is 7.26. The normalized spacial score (nSPS) is 11.4. The van der Waals surface area contributed by atoms with Crippen LogP contribution in [-0.4, -0.2) is 34.9 Å². The summed E-state index contributed by atoms with van der Waals surface area (Å²) in [5, 5.41) is 16.4. The van der Waals surface area contributed by atoms with Crippen LogP contribution in [0.25, 0.3) is 0 Å². The van der Waals surface area contributed by atoms with E-state index in [-0.39, 0.29) is 6.61 Å². The minimum Gasteiger partial charge on any atom is -0.394 e. The summed E-state index contributed by atoms with van der Waals surface area (Å²) in [6.45, 7) is -0.191. The molecule has 0 heterocycles. The quantitative estimate of drug-likeness (QED) is 0.548. The SMILES string of the molecule is CSc1ccccc1.OCC(O)CS. The highest BCUT2D eigenvalue weighted by atomic mass is 32.2. The fourth-order valence-electron chi connectivity index (χ4n) is 0.614. The zero-order chi connectivity index (χ0) is 10.8. The van der Waals surface area contributed by atoms with E-state index < -0.39 is 6.10 Å². The first-order chi connectivity index (χ1) is 6.74. The van der Waals surface area contributed by atoms with Crippen molar-refractivity contribution in [3.05, 3.63) is 30.3 Å². The molecule has 0 aliphatic rings. The summed E-state index contributed by atoms with van der Waals surface area (Å²) in [6, 6.07) is 10.3. The zero-order valence-electron chi connectivity index (χ0n) is 8.13. The van der Waals surface area contributed by atoms with Gasteiger partial charge >= 0.3 is 0 Å². The Morgan fingerprint density at radius 2 is 1.93 bits per heavy atom. The van der Waals surface area contributed by atoms with Gasteiger partial charge in [0.05, 0.1) is 12.7 Å². The smallest absolute Gasteiger partial charge is 0.0858 e. The van der Waals surface area contributed by atoms with E-state index in [4.69, 9.17) is 10.2 Å². The molecule has 0 fully saturated rings. The Bertz CT molecular complexity index is 213. The summed E-state index contributed by atoms with van der Waals surface area (Å²) in [7, 11) is 0. The summed E-state index contributed by atoms with van der Waals surface area (Å²) in [6.07, 6.45) is 1.43. The lowest BCUT2D eigenvalue weighted by atomic mass is 10.4. The predicted molar refractivity (Wildman–Crippen MR) is 65.2 cm³/mol. The first-order valence-electron chi connectivity index (χ1n) is 4.23. The molecule has 0 aliphatic heterocycles. The van der Waals surface area contributed by atoms with E-state index >= 15 is 0 Å². The van der Waals surface area contributed by atoms with Gasteiger partial charge in [-0.05, 0) is 18.4 Å². The van der Waals surface area contributed by atoms with Crippen molar-refractivity contribution in [2.24, 2.45) is 0 Å². The summed E-state index contributed by atoms with van der Waals surface area (Å²) in [5.41, 5.74) is 0. The molecule has 1 aromatic carbocycles. The Morgan fingerprint density at radius 3 is 2.14 bits per heavy atom. The van der Waals surface area contributed by atoms with Crippen LogP contribution >= 0.6 is 24.4 Å². The van der Waals surface area contributed by atoms with Crippen molar-refractivity contribution in [3.63, 3.8) is 0 Å². The molecule has 4 heteroatoms. The number of thioether (sulfide) groups is 1. The van der Waals surface area contributed by atoms with Crippen LogP contribution in [0.5, 0.6) is 0 Å². The average molecular weight is 232 g/mol. The van der Waals surface area contributed by atoms with Crippen LogP contribution in [-0.2, 0) is 0 Å². The largest absolute Gasteiger partial charge is 0.394 e. The maximum Gasteiger partial charge on any atom is 0.0858 e. The van der Waals surface area contributed by atoms with Gasteiger partial charge in [0.15, 0.2) is 0 Å². The second kappa shape index (κ2) is 9.40. The average Bonchev–Trinajstić information content (AvgIpc) is 2.30. The maximum atomic E-state index is 8.34. The highest BCUT2D eigenvalue weighted by Gasteiger charge is 1.92. The molecule has 1 unspecified atom stereocenters. The molecule has 0 saturated carbocycles. The maximum absolute atomic E-state index is 8.34. The minimum atomic E-state index is -0.645. The fourth-order valence-corrected chi connectivity index (χ4v) is 1.16. The first-order valence-corrected chi connectivity index (χ1v) is 6.09. The topological polar surface area (TPSA) is 40.5 Å². The summed E-state index contributed by atoms with van der Waals surface area (Å²) in [5.74, 6) is 0.330. The van der Waals surface area contributed by atoms with Crippen LogP contribution in [0, 0.1) is 0 Å². The van der Waals surface area contributed by atoms with Gasteiger partial charge < -0.3 is 10.2 Å². The van der Waals surface area contributed by atoms with E-state index in [1.54, 1.807) is 11.8 Å². The van der Waals surface area contributed by atoms with E-state index in [0.717, 1.165) is 0 Å². The minimum absolute atomic E-state index is 0.191. The molecule has 14 heavy (non-hydrogen) atoms. The highest BCUT2D eigenvalue weighted by molar-refractivity contribution is 7.98. The van der Waals surface area contributed by atoms with Crippen molar-refractivity contribution < 1.29 is 10.2 Å². The molecular weight excluding hydrogens is 216 g/mol. The number of benzene rings is 1. The molecule has 0 spiro atoms. The van der Waals surface area contributed by atoms with Crippen molar-refractivity contribution in [1.82, 2.24) is 0 Å². The highest BCUT2D eigenvalue weighted by Crippen LogP contribution is 2.11. The second-order valence-electron chi connectivity index (χ2n) is 2.54. The molecule has 1 aromatic rings. The van der Waals surface area contributed by atoms with Crippen LogP contribution in [0.15, 0.2) is 35.2 Å². The molecule has 1 atom stereocenters. The fraction of sp³-hybridized carbons (Fsp3) is 0.400. The Balaban J connectivity index is 0.000000255. The molecule has 0 aliphatic carbocycles. The van der Waals surface area contributed by atoms with Gasteiger partial charge in [0.1, 0.15) is 0 Å². The molecular formula is C10H16O2S2. The lowest BCUT2D eigenvalue weighted by molar-refractivity contribution is 0.114. The number of aliphatic hydroxyl groups is 2. The van der Waals surface area contributed by atoms with Gasteiger partial charge in [-0.25, -0.2) is 0 Å². The summed E-state index contributed by atoms with van der Waals surface area (Å²) in [4.78, 5) is 1.33. The summed E-state index contributed by atoms with van der Waals surface area (Å²) < 4.78 is 0. The Labute approximate surface area is 94.8 Å². The molecule has 1 rings (SSSR count). The second-order valence-corrected chi connectivity index (χ2v) is 3.78. The first kappa shape index (κ1) is 13.8. The third-order valence-electron chi connectivity index (χ3n) is 1.40. The number of thiol groups is 1.